The molecule has 1 aliphatic rings. The van der Waals surface area contributed by atoms with Crippen LogP contribution in [-0.4, -0.2) is 40.0 Å². The van der Waals surface area contributed by atoms with Crippen molar-refractivity contribution in [3.05, 3.63) is 52.1 Å². The maximum absolute atomic E-state index is 13.0. The summed E-state index contributed by atoms with van der Waals surface area (Å²) in [4.78, 5) is 16.3. The second-order valence-corrected chi connectivity index (χ2v) is 7.53. The third kappa shape index (κ3) is 3.13. The molecule has 4 rings (SSSR count). The third-order valence-electron chi connectivity index (χ3n) is 4.67. The second kappa shape index (κ2) is 6.71. The summed E-state index contributed by atoms with van der Waals surface area (Å²) in [5.74, 6) is 0. The average molecular weight is 355 g/mol. The molecule has 2 aromatic heterocycles. The van der Waals surface area contributed by atoms with E-state index >= 15 is 0 Å². The summed E-state index contributed by atoms with van der Waals surface area (Å²) in [5, 5.41) is 8.39. The maximum Gasteiger partial charge on any atom is 0.275 e. The molecule has 0 aliphatic carbocycles. The predicted octanol–water partition coefficient (Wildman–Crippen LogP) is 3.19. The molecule has 0 unspecified atom stereocenters. The summed E-state index contributed by atoms with van der Waals surface area (Å²) in [6.07, 6.45) is 0.170. The van der Waals surface area contributed by atoms with Gasteiger partial charge in [0.25, 0.3) is 5.56 Å². The van der Waals surface area contributed by atoms with E-state index in [1.165, 1.54) is 0 Å². The molecule has 1 fully saturated rings. The molecular formula is C19H21N3O2S. The first-order valence-corrected chi connectivity index (χ1v) is 9.41. The molecule has 0 spiro atoms. The van der Waals surface area contributed by atoms with Crippen molar-refractivity contribution in [3.8, 4) is 10.6 Å². The number of aromatic nitrogens is 2. The van der Waals surface area contributed by atoms with Gasteiger partial charge in [-0.05, 0) is 31.4 Å². The van der Waals surface area contributed by atoms with Gasteiger partial charge in [-0.15, -0.1) is 11.3 Å². The zero-order valence-corrected chi connectivity index (χ0v) is 15.2. The topological polar surface area (TPSA) is 47.4 Å². The molecule has 3 aromatic rings. The first kappa shape index (κ1) is 16.4. The number of nitrogens with zero attached hydrogens (tertiary/aromatic N) is 3. The Morgan fingerprint density at radius 2 is 2.00 bits per heavy atom. The Bertz CT molecular complexity index is 935. The van der Waals surface area contributed by atoms with Crippen LogP contribution in [0.25, 0.3) is 21.3 Å². The molecule has 0 amide bonds. The van der Waals surface area contributed by atoms with E-state index in [1.807, 2.05) is 41.8 Å². The quantitative estimate of drug-likeness (QED) is 0.724. The molecule has 6 heteroatoms. The molecule has 0 saturated carbocycles. The number of ether oxygens (including phenoxy) is 1. The van der Waals surface area contributed by atoms with Gasteiger partial charge < -0.3 is 4.74 Å². The van der Waals surface area contributed by atoms with E-state index in [9.17, 15) is 4.79 Å². The van der Waals surface area contributed by atoms with Gasteiger partial charge >= 0.3 is 0 Å². The standard InChI is InChI=1S/C19H21N3O2S/c1-13-11-24-14(2)10-21(13)12-22-19(23)16-7-4-3-6-15(16)18(20-22)17-8-5-9-25-17/h3-9,13-14H,10-12H2,1-2H3/t13-,14+/m1/s1. The Kier molecular flexibility index (Phi) is 4.41. The van der Waals surface area contributed by atoms with E-state index in [2.05, 4.69) is 18.7 Å². The molecule has 3 heterocycles. The maximum atomic E-state index is 13.0. The SMILES string of the molecule is C[C@@H]1CO[C@@H](C)CN1Cn1nc(-c2cccs2)c2ccccc2c1=O. The molecule has 0 N–H and O–H groups in total. The first-order chi connectivity index (χ1) is 12.1. The van der Waals surface area contributed by atoms with Gasteiger partial charge in [0.1, 0.15) is 5.69 Å². The fourth-order valence-electron chi connectivity index (χ4n) is 3.27. The van der Waals surface area contributed by atoms with E-state index in [4.69, 9.17) is 9.84 Å². The molecule has 0 bridgehead atoms. The van der Waals surface area contributed by atoms with E-state index < -0.39 is 0 Å². The lowest BCUT2D eigenvalue weighted by Gasteiger charge is -2.36. The van der Waals surface area contributed by atoms with Gasteiger partial charge in [-0.25, -0.2) is 4.68 Å². The van der Waals surface area contributed by atoms with Crippen LogP contribution in [0.3, 0.4) is 0 Å². The first-order valence-electron chi connectivity index (χ1n) is 8.53. The van der Waals surface area contributed by atoms with Crippen molar-refractivity contribution >= 4 is 22.1 Å². The van der Waals surface area contributed by atoms with Crippen molar-refractivity contribution in [2.45, 2.75) is 32.7 Å². The summed E-state index contributed by atoms with van der Waals surface area (Å²) in [6.45, 7) is 6.15. The van der Waals surface area contributed by atoms with E-state index in [1.54, 1.807) is 16.0 Å². The molecule has 1 aliphatic heterocycles. The molecular weight excluding hydrogens is 334 g/mol. The minimum absolute atomic E-state index is 0.0396. The molecule has 0 radical (unpaired) electrons. The summed E-state index contributed by atoms with van der Waals surface area (Å²) in [5.41, 5.74) is 0.835. The van der Waals surface area contributed by atoms with Crippen LogP contribution in [0.2, 0.25) is 0 Å². The number of rotatable bonds is 3. The van der Waals surface area contributed by atoms with Gasteiger partial charge in [0, 0.05) is 18.0 Å². The van der Waals surface area contributed by atoms with E-state index in [0.29, 0.717) is 13.3 Å². The Morgan fingerprint density at radius 3 is 2.76 bits per heavy atom. The third-order valence-corrected chi connectivity index (χ3v) is 5.55. The van der Waals surface area contributed by atoms with Crippen LogP contribution in [0, 0.1) is 0 Å². The summed E-state index contributed by atoms with van der Waals surface area (Å²) >= 11 is 1.64. The fourth-order valence-corrected chi connectivity index (χ4v) is 3.99. The zero-order valence-electron chi connectivity index (χ0n) is 14.4. The van der Waals surface area contributed by atoms with Gasteiger partial charge in [-0.2, -0.15) is 5.10 Å². The number of hydrogen-bond donors (Lipinski definition) is 0. The van der Waals surface area contributed by atoms with Crippen LogP contribution in [-0.2, 0) is 11.4 Å². The molecule has 5 nitrogen and oxygen atoms in total. The lowest BCUT2D eigenvalue weighted by Crippen LogP contribution is -2.49. The van der Waals surface area contributed by atoms with Crippen LogP contribution in [0.4, 0.5) is 0 Å². The van der Waals surface area contributed by atoms with Gasteiger partial charge in [-0.1, -0.05) is 24.3 Å². The fraction of sp³-hybridized carbons (Fsp3) is 0.368. The minimum Gasteiger partial charge on any atom is -0.376 e. The second-order valence-electron chi connectivity index (χ2n) is 6.58. The molecule has 1 saturated heterocycles. The van der Waals surface area contributed by atoms with Crippen molar-refractivity contribution < 1.29 is 4.74 Å². The summed E-state index contributed by atoms with van der Waals surface area (Å²) in [7, 11) is 0. The van der Waals surface area contributed by atoms with Crippen molar-refractivity contribution in [1.29, 1.82) is 0 Å². The number of hydrogen-bond acceptors (Lipinski definition) is 5. The number of fused-ring (bicyclic) bond motifs is 1. The molecule has 1 aromatic carbocycles. The van der Waals surface area contributed by atoms with Crippen molar-refractivity contribution in [1.82, 2.24) is 14.7 Å². The monoisotopic (exact) mass is 355 g/mol. The van der Waals surface area contributed by atoms with Crippen LogP contribution in [0.5, 0.6) is 0 Å². The lowest BCUT2D eigenvalue weighted by atomic mass is 10.1. The largest absolute Gasteiger partial charge is 0.376 e. The highest BCUT2D eigenvalue weighted by Gasteiger charge is 2.24. The number of morpholine rings is 1. The van der Waals surface area contributed by atoms with Gasteiger partial charge in [0.15, 0.2) is 0 Å². The Labute approximate surface area is 150 Å². The Balaban J connectivity index is 1.81. The van der Waals surface area contributed by atoms with E-state index in [-0.39, 0.29) is 17.7 Å². The normalized spacial score (nSPS) is 21.7. The highest BCUT2D eigenvalue weighted by atomic mass is 32.1. The van der Waals surface area contributed by atoms with Crippen LogP contribution in [0.1, 0.15) is 13.8 Å². The lowest BCUT2D eigenvalue weighted by molar-refractivity contribution is -0.0627. The van der Waals surface area contributed by atoms with E-state index in [0.717, 1.165) is 27.9 Å². The van der Waals surface area contributed by atoms with Crippen molar-refractivity contribution in [2.24, 2.45) is 0 Å². The number of thiophene rings is 1. The molecule has 2 atom stereocenters. The smallest absolute Gasteiger partial charge is 0.275 e. The summed E-state index contributed by atoms with van der Waals surface area (Å²) in [6, 6.07) is 12.1. The van der Waals surface area contributed by atoms with Crippen molar-refractivity contribution in [2.75, 3.05) is 13.2 Å². The van der Waals surface area contributed by atoms with Crippen molar-refractivity contribution in [3.63, 3.8) is 0 Å². The van der Waals surface area contributed by atoms with Crippen LogP contribution < -0.4 is 5.56 Å². The predicted molar refractivity (Wildman–Crippen MR) is 101 cm³/mol. The minimum atomic E-state index is -0.0396. The van der Waals surface area contributed by atoms with Crippen LogP contribution >= 0.6 is 11.3 Å². The Hall–Kier alpha value is -2.02. The number of benzene rings is 1. The molecule has 130 valence electrons. The summed E-state index contributed by atoms with van der Waals surface area (Å²) < 4.78 is 7.30. The molecule has 25 heavy (non-hydrogen) atoms. The Morgan fingerprint density at radius 1 is 1.20 bits per heavy atom. The van der Waals surface area contributed by atoms with Gasteiger partial charge in [0.05, 0.1) is 29.6 Å². The average Bonchev–Trinajstić information content (AvgIpc) is 3.15. The highest BCUT2D eigenvalue weighted by Crippen LogP contribution is 2.28. The van der Waals surface area contributed by atoms with Gasteiger partial charge in [0.2, 0.25) is 0 Å². The van der Waals surface area contributed by atoms with Crippen LogP contribution in [0.15, 0.2) is 46.6 Å². The zero-order chi connectivity index (χ0) is 17.4. The highest BCUT2D eigenvalue weighted by molar-refractivity contribution is 7.13. The van der Waals surface area contributed by atoms with Gasteiger partial charge in [-0.3, -0.25) is 9.69 Å².